The molecule has 1 aromatic rings. The highest BCUT2D eigenvalue weighted by Gasteiger charge is 2.31. The van der Waals surface area contributed by atoms with Gasteiger partial charge in [-0.25, -0.2) is 0 Å². The Balaban J connectivity index is 3.01. The fourth-order valence-corrected chi connectivity index (χ4v) is 1.87. The van der Waals surface area contributed by atoms with E-state index in [9.17, 15) is 5.11 Å². The van der Waals surface area contributed by atoms with Crippen LogP contribution < -0.4 is 4.74 Å². The molecule has 1 atom stereocenters. The van der Waals surface area contributed by atoms with Gasteiger partial charge in [-0.1, -0.05) is 0 Å². The molecular formula is C12H23N3O3. The van der Waals surface area contributed by atoms with E-state index in [0.717, 1.165) is 6.54 Å². The molecule has 0 saturated carbocycles. The number of aromatic nitrogens is 2. The van der Waals surface area contributed by atoms with Crippen LogP contribution in [0.3, 0.4) is 0 Å². The second-order valence-corrected chi connectivity index (χ2v) is 4.79. The average molecular weight is 257 g/mol. The van der Waals surface area contributed by atoms with Gasteiger partial charge in [-0.05, 0) is 21.0 Å². The summed E-state index contributed by atoms with van der Waals surface area (Å²) in [7, 11) is 7.11. The van der Waals surface area contributed by atoms with Crippen molar-refractivity contribution in [1.29, 1.82) is 0 Å². The first-order valence-corrected chi connectivity index (χ1v) is 5.88. The molecule has 0 fully saturated rings. The maximum absolute atomic E-state index is 10.5. The highest BCUT2D eigenvalue weighted by Crippen LogP contribution is 2.29. The van der Waals surface area contributed by atoms with Crippen molar-refractivity contribution in [3.8, 4) is 5.75 Å². The van der Waals surface area contributed by atoms with Crippen LogP contribution in [0.25, 0.3) is 0 Å². The molecule has 1 heterocycles. The van der Waals surface area contributed by atoms with Crippen LogP contribution in [0.4, 0.5) is 0 Å². The van der Waals surface area contributed by atoms with Crippen LogP contribution in [0.5, 0.6) is 5.75 Å². The van der Waals surface area contributed by atoms with E-state index in [1.165, 1.54) is 0 Å². The monoisotopic (exact) mass is 257 g/mol. The normalized spacial score (nSPS) is 14.8. The fourth-order valence-electron chi connectivity index (χ4n) is 1.87. The Labute approximate surface area is 108 Å². The molecule has 1 unspecified atom stereocenters. The Morgan fingerprint density at radius 2 is 2.11 bits per heavy atom. The van der Waals surface area contributed by atoms with Gasteiger partial charge in [0.05, 0.1) is 26.5 Å². The first-order valence-electron chi connectivity index (χ1n) is 5.88. The third-order valence-corrected chi connectivity index (χ3v) is 2.72. The zero-order chi connectivity index (χ0) is 13.8. The third kappa shape index (κ3) is 3.44. The Bertz CT molecular complexity index is 375. The van der Waals surface area contributed by atoms with E-state index in [4.69, 9.17) is 9.47 Å². The molecule has 0 bridgehead atoms. The predicted molar refractivity (Wildman–Crippen MR) is 68.8 cm³/mol. The lowest BCUT2D eigenvalue weighted by Gasteiger charge is -2.25. The van der Waals surface area contributed by atoms with Gasteiger partial charge in [0.15, 0.2) is 5.75 Å². The van der Waals surface area contributed by atoms with Crippen molar-refractivity contribution in [2.75, 3.05) is 41.5 Å². The Kier molecular flexibility index (Phi) is 5.13. The number of hydrogen-bond acceptors (Lipinski definition) is 5. The minimum Gasteiger partial charge on any atom is -0.493 e. The Morgan fingerprint density at radius 1 is 1.44 bits per heavy atom. The molecule has 18 heavy (non-hydrogen) atoms. The van der Waals surface area contributed by atoms with Gasteiger partial charge < -0.3 is 19.5 Å². The van der Waals surface area contributed by atoms with Crippen LogP contribution in [0, 0.1) is 0 Å². The highest BCUT2D eigenvalue weighted by molar-refractivity contribution is 5.30. The molecule has 1 aromatic heterocycles. The molecule has 0 aliphatic carbocycles. The molecule has 104 valence electrons. The summed E-state index contributed by atoms with van der Waals surface area (Å²) < 4.78 is 12.1. The van der Waals surface area contributed by atoms with Crippen LogP contribution in [0.15, 0.2) is 6.20 Å². The molecule has 6 heteroatoms. The Hall–Kier alpha value is -1.11. The first-order chi connectivity index (χ1) is 8.42. The van der Waals surface area contributed by atoms with Gasteiger partial charge in [0.2, 0.25) is 0 Å². The number of likely N-dealkylation sites (N-methyl/N-ethyl adjacent to an activating group) is 1. The lowest BCUT2D eigenvalue weighted by Crippen LogP contribution is -2.32. The minimum absolute atomic E-state index is 0.191. The summed E-state index contributed by atoms with van der Waals surface area (Å²) in [6.07, 6.45) is 1.62. The zero-order valence-corrected chi connectivity index (χ0v) is 11.8. The molecular weight excluding hydrogens is 234 g/mol. The van der Waals surface area contributed by atoms with Crippen LogP contribution in [-0.4, -0.2) is 61.3 Å². The van der Waals surface area contributed by atoms with Crippen molar-refractivity contribution in [2.45, 2.75) is 19.1 Å². The van der Waals surface area contributed by atoms with Gasteiger partial charge >= 0.3 is 0 Å². The standard InChI is InChI=1S/C12H23N3O3/c1-12(16,9-17-4)11-10(18-5)8-13-15(11)7-6-14(2)3/h8,16H,6-7,9H2,1-5H3. The predicted octanol–water partition coefficient (Wildman–Crippen LogP) is 0.307. The summed E-state index contributed by atoms with van der Waals surface area (Å²) >= 11 is 0. The number of methoxy groups -OCH3 is 2. The topological polar surface area (TPSA) is 59.8 Å². The molecule has 0 saturated heterocycles. The van der Waals surface area contributed by atoms with Crippen molar-refractivity contribution in [3.05, 3.63) is 11.9 Å². The first kappa shape index (κ1) is 14.9. The van der Waals surface area contributed by atoms with Crippen molar-refractivity contribution in [3.63, 3.8) is 0 Å². The van der Waals surface area contributed by atoms with E-state index < -0.39 is 5.60 Å². The maximum Gasteiger partial charge on any atom is 0.163 e. The molecule has 1 N–H and O–H groups in total. The van der Waals surface area contributed by atoms with Crippen molar-refractivity contribution in [2.24, 2.45) is 0 Å². The summed E-state index contributed by atoms with van der Waals surface area (Å²) in [6, 6.07) is 0. The SMILES string of the molecule is COCC(C)(O)c1c(OC)cnn1CCN(C)C. The van der Waals surface area contributed by atoms with Crippen LogP contribution >= 0.6 is 0 Å². The van der Waals surface area contributed by atoms with E-state index in [1.807, 2.05) is 14.1 Å². The summed E-state index contributed by atoms with van der Waals surface area (Å²) in [5.41, 5.74) is -0.475. The number of hydrogen-bond donors (Lipinski definition) is 1. The summed E-state index contributed by atoms with van der Waals surface area (Å²) in [5.74, 6) is 0.579. The summed E-state index contributed by atoms with van der Waals surface area (Å²) in [4.78, 5) is 2.06. The fraction of sp³-hybridized carbons (Fsp3) is 0.750. The number of rotatable bonds is 7. The molecule has 0 radical (unpaired) electrons. The molecule has 0 spiro atoms. The lowest BCUT2D eigenvalue weighted by atomic mass is 10.0. The lowest BCUT2D eigenvalue weighted by molar-refractivity contribution is -0.0288. The van der Waals surface area contributed by atoms with Gasteiger partial charge in [0.1, 0.15) is 11.3 Å². The molecule has 6 nitrogen and oxygen atoms in total. The summed E-state index contributed by atoms with van der Waals surface area (Å²) in [5, 5.41) is 14.7. The van der Waals surface area contributed by atoms with Crippen LogP contribution in [0.1, 0.15) is 12.6 Å². The van der Waals surface area contributed by atoms with Crippen LogP contribution in [-0.2, 0) is 16.9 Å². The van der Waals surface area contributed by atoms with E-state index in [1.54, 1.807) is 32.0 Å². The second kappa shape index (κ2) is 6.17. The molecule has 0 amide bonds. The second-order valence-electron chi connectivity index (χ2n) is 4.79. The highest BCUT2D eigenvalue weighted by atomic mass is 16.5. The van der Waals surface area contributed by atoms with E-state index in [0.29, 0.717) is 18.0 Å². The molecule has 0 aliphatic heterocycles. The van der Waals surface area contributed by atoms with Gasteiger partial charge in [0.25, 0.3) is 0 Å². The van der Waals surface area contributed by atoms with Gasteiger partial charge in [-0.15, -0.1) is 0 Å². The van der Waals surface area contributed by atoms with Gasteiger partial charge in [0, 0.05) is 13.7 Å². The molecule has 1 rings (SSSR count). The van der Waals surface area contributed by atoms with E-state index in [-0.39, 0.29) is 6.61 Å². The largest absolute Gasteiger partial charge is 0.493 e. The number of aliphatic hydroxyl groups is 1. The van der Waals surface area contributed by atoms with Crippen molar-refractivity contribution in [1.82, 2.24) is 14.7 Å². The molecule has 0 aliphatic rings. The third-order valence-electron chi connectivity index (χ3n) is 2.72. The number of nitrogens with zero attached hydrogens (tertiary/aromatic N) is 3. The number of ether oxygens (including phenoxy) is 2. The van der Waals surface area contributed by atoms with E-state index in [2.05, 4.69) is 10.00 Å². The van der Waals surface area contributed by atoms with Crippen LogP contribution in [0.2, 0.25) is 0 Å². The zero-order valence-electron chi connectivity index (χ0n) is 11.8. The average Bonchev–Trinajstić information content (AvgIpc) is 2.69. The maximum atomic E-state index is 10.5. The molecule has 0 aromatic carbocycles. The van der Waals surface area contributed by atoms with Crippen molar-refractivity contribution < 1.29 is 14.6 Å². The Morgan fingerprint density at radius 3 is 2.61 bits per heavy atom. The smallest absolute Gasteiger partial charge is 0.163 e. The quantitative estimate of drug-likeness (QED) is 0.761. The van der Waals surface area contributed by atoms with Crippen molar-refractivity contribution >= 4 is 0 Å². The summed E-state index contributed by atoms with van der Waals surface area (Å²) in [6.45, 7) is 3.41. The van der Waals surface area contributed by atoms with E-state index >= 15 is 0 Å². The van der Waals surface area contributed by atoms with Gasteiger partial charge in [-0.2, -0.15) is 5.10 Å². The minimum atomic E-state index is -1.12. The van der Waals surface area contributed by atoms with Gasteiger partial charge in [-0.3, -0.25) is 4.68 Å².